The number of esters is 2. The smallest absolute Gasteiger partial charge is 0.464 e. The van der Waals surface area contributed by atoms with Gasteiger partial charge in [0.05, 0.1) is 24.8 Å². The topological polar surface area (TPSA) is 154 Å². The molecular formula is C16H18BClN6O6. The number of ether oxygens (including phenoxy) is 2. The van der Waals surface area contributed by atoms with Gasteiger partial charge < -0.3 is 19.5 Å². The summed E-state index contributed by atoms with van der Waals surface area (Å²) < 4.78 is 11.8. The molecule has 14 heteroatoms. The molecule has 0 atom stereocenters. The molecule has 0 radical (unpaired) electrons. The molecule has 2 N–H and O–H groups in total. The maximum atomic E-state index is 11.5. The van der Waals surface area contributed by atoms with Crippen LogP contribution in [0.2, 0.25) is 5.02 Å². The van der Waals surface area contributed by atoms with Gasteiger partial charge in [0.15, 0.2) is 17.2 Å². The fourth-order valence-corrected chi connectivity index (χ4v) is 2.40. The molecule has 3 heterocycles. The van der Waals surface area contributed by atoms with Crippen molar-refractivity contribution in [2.45, 2.75) is 0 Å². The number of aromatic nitrogens is 6. The molecule has 0 spiro atoms. The first-order chi connectivity index (χ1) is 14.2. The number of carbonyl (C=O) groups is 2. The molecule has 0 saturated carbocycles. The Kier molecular flexibility index (Phi) is 7.63. The summed E-state index contributed by atoms with van der Waals surface area (Å²) in [7, 11) is 4.04. The van der Waals surface area contributed by atoms with E-state index in [0.29, 0.717) is 16.4 Å². The maximum absolute atomic E-state index is 11.5. The highest BCUT2D eigenvalue weighted by atomic mass is 35.5. The predicted molar refractivity (Wildman–Crippen MR) is 105 cm³/mol. The van der Waals surface area contributed by atoms with Crippen LogP contribution < -0.4 is 5.46 Å². The van der Waals surface area contributed by atoms with Crippen molar-refractivity contribution in [2.75, 3.05) is 14.2 Å². The van der Waals surface area contributed by atoms with Crippen molar-refractivity contribution in [3.63, 3.8) is 0 Å². The number of rotatable bonds is 4. The Bertz CT molecular complexity index is 1040. The summed E-state index contributed by atoms with van der Waals surface area (Å²) in [6.45, 7) is 0. The third kappa shape index (κ3) is 5.40. The average molecular weight is 437 g/mol. The van der Waals surface area contributed by atoms with E-state index in [1.54, 1.807) is 20.3 Å². The number of hydrogen-bond donors (Lipinski definition) is 2. The largest absolute Gasteiger partial charge is 0.492 e. The van der Waals surface area contributed by atoms with Gasteiger partial charge in [-0.1, -0.05) is 11.6 Å². The second-order valence-corrected chi connectivity index (χ2v) is 6.19. The highest BCUT2D eigenvalue weighted by molar-refractivity contribution is 6.60. The molecule has 0 aliphatic rings. The number of nitrogens with zero attached hydrogens (tertiary/aromatic N) is 6. The Morgan fingerprint density at radius 3 is 2.00 bits per heavy atom. The van der Waals surface area contributed by atoms with Gasteiger partial charge in [-0.25, -0.2) is 19.6 Å². The molecule has 0 aliphatic heterocycles. The SMILES string of the molecule is COC(=O)c1nn(C)cc1-c1ncc(Cl)cn1.COC(=O)c1nn(C)cc1B(O)O. The first-order valence-electron chi connectivity index (χ1n) is 8.25. The van der Waals surface area contributed by atoms with Gasteiger partial charge in [-0.3, -0.25) is 9.36 Å². The second kappa shape index (κ2) is 9.96. The van der Waals surface area contributed by atoms with E-state index < -0.39 is 19.1 Å². The van der Waals surface area contributed by atoms with Crippen molar-refractivity contribution < 1.29 is 29.1 Å². The first-order valence-corrected chi connectivity index (χ1v) is 8.63. The zero-order valence-electron chi connectivity index (χ0n) is 16.5. The molecule has 0 aromatic carbocycles. The summed E-state index contributed by atoms with van der Waals surface area (Å²) in [4.78, 5) is 30.6. The summed E-state index contributed by atoms with van der Waals surface area (Å²) in [5, 5.41) is 25.9. The van der Waals surface area contributed by atoms with Crippen LogP contribution in [0.4, 0.5) is 0 Å². The van der Waals surface area contributed by atoms with E-state index in [2.05, 4.69) is 29.6 Å². The average Bonchev–Trinajstić information content (AvgIpc) is 3.31. The van der Waals surface area contributed by atoms with E-state index in [1.807, 2.05) is 0 Å². The monoisotopic (exact) mass is 436 g/mol. The molecule has 0 bridgehead atoms. The highest BCUT2D eigenvalue weighted by Gasteiger charge is 2.24. The Hall–Kier alpha value is -3.29. The van der Waals surface area contributed by atoms with Crippen LogP contribution in [0, 0.1) is 0 Å². The van der Waals surface area contributed by atoms with Crippen LogP contribution in [0.15, 0.2) is 24.8 Å². The molecule has 30 heavy (non-hydrogen) atoms. The van der Waals surface area contributed by atoms with E-state index in [1.165, 1.54) is 42.2 Å². The van der Waals surface area contributed by atoms with Gasteiger partial charge in [0.25, 0.3) is 0 Å². The van der Waals surface area contributed by atoms with E-state index >= 15 is 0 Å². The first kappa shape index (κ1) is 23.0. The zero-order valence-corrected chi connectivity index (χ0v) is 17.2. The van der Waals surface area contributed by atoms with Crippen molar-refractivity contribution >= 4 is 36.1 Å². The van der Waals surface area contributed by atoms with E-state index in [-0.39, 0.29) is 16.9 Å². The molecule has 0 aliphatic carbocycles. The molecule has 0 fully saturated rings. The number of aryl methyl sites for hydroxylation is 2. The lowest BCUT2D eigenvalue weighted by Crippen LogP contribution is -2.33. The standard InChI is InChI=1S/C10H9ClN4O2.C6H9BN2O4/c1-15-5-7(8(14-15)10(16)17-2)9-12-3-6(11)4-13-9;1-9-3-4(7(11)12)5(8-9)6(10)13-2/h3-5H,1-2H3;3,11-12H,1-2H3. The van der Waals surface area contributed by atoms with Crippen molar-refractivity contribution in [2.24, 2.45) is 14.1 Å². The zero-order chi connectivity index (χ0) is 22.4. The quantitative estimate of drug-likeness (QED) is 0.392. The summed E-state index contributed by atoms with van der Waals surface area (Å²) in [6, 6.07) is 0. The number of hydrogen-bond acceptors (Lipinski definition) is 10. The molecular weight excluding hydrogens is 418 g/mol. The van der Waals surface area contributed by atoms with Crippen molar-refractivity contribution in [3.05, 3.63) is 41.2 Å². The molecule has 0 saturated heterocycles. The number of halogens is 1. The van der Waals surface area contributed by atoms with Crippen LogP contribution >= 0.6 is 11.6 Å². The van der Waals surface area contributed by atoms with Crippen LogP contribution in [0.3, 0.4) is 0 Å². The van der Waals surface area contributed by atoms with Gasteiger partial charge in [-0.05, 0) is 0 Å². The summed E-state index contributed by atoms with van der Waals surface area (Å²) in [5.41, 5.74) is 0.641. The van der Waals surface area contributed by atoms with Gasteiger partial charge in [0.1, 0.15) is 0 Å². The molecule has 3 aromatic heterocycles. The van der Waals surface area contributed by atoms with Crippen LogP contribution in [0.5, 0.6) is 0 Å². The molecule has 12 nitrogen and oxygen atoms in total. The minimum absolute atomic E-state index is 0.0364. The van der Waals surface area contributed by atoms with Crippen LogP contribution in [-0.2, 0) is 23.6 Å². The predicted octanol–water partition coefficient (Wildman–Crippen LogP) is -0.796. The normalized spacial score (nSPS) is 10.1. The van der Waals surface area contributed by atoms with Crippen molar-refractivity contribution in [1.82, 2.24) is 29.5 Å². The molecule has 3 aromatic rings. The molecule has 3 rings (SSSR count). The number of carbonyl (C=O) groups excluding carboxylic acids is 2. The Labute approximate surface area is 176 Å². The Morgan fingerprint density at radius 2 is 1.47 bits per heavy atom. The fraction of sp³-hybridized carbons (Fsp3) is 0.250. The van der Waals surface area contributed by atoms with Crippen molar-refractivity contribution in [3.8, 4) is 11.4 Å². The second-order valence-electron chi connectivity index (χ2n) is 5.75. The minimum Gasteiger partial charge on any atom is -0.464 e. The van der Waals surface area contributed by atoms with Gasteiger partial charge in [0, 0.05) is 44.3 Å². The summed E-state index contributed by atoms with van der Waals surface area (Å²) >= 11 is 5.70. The van der Waals surface area contributed by atoms with E-state index in [0.717, 1.165) is 0 Å². The third-order valence-corrected chi connectivity index (χ3v) is 3.78. The molecule has 0 amide bonds. The van der Waals surface area contributed by atoms with Gasteiger partial charge in [0.2, 0.25) is 0 Å². The summed E-state index contributed by atoms with van der Waals surface area (Å²) in [6.07, 6.45) is 5.91. The Morgan fingerprint density at radius 1 is 0.967 bits per heavy atom. The van der Waals surface area contributed by atoms with E-state index in [9.17, 15) is 9.59 Å². The minimum atomic E-state index is -1.72. The van der Waals surface area contributed by atoms with Crippen LogP contribution in [0.1, 0.15) is 21.0 Å². The fourth-order valence-electron chi connectivity index (χ4n) is 2.30. The lowest BCUT2D eigenvalue weighted by atomic mass is 9.80. The van der Waals surface area contributed by atoms with E-state index in [4.69, 9.17) is 21.6 Å². The summed E-state index contributed by atoms with van der Waals surface area (Å²) in [5.74, 6) is -0.842. The number of methoxy groups -OCH3 is 2. The Balaban J connectivity index is 0.000000222. The maximum Gasteiger partial charge on any atom is 0.492 e. The highest BCUT2D eigenvalue weighted by Crippen LogP contribution is 2.20. The molecule has 0 unspecified atom stereocenters. The van der Waals surface area contributed by atoms with Crippen LogP contribution in [0.25, 0.3) is 11.4 Å². The third-order valence-electron chi connectivity index (χ3n) is 3.58. The lowest BCUT2D eigenvalue weighted by Gasteiger charge is -1.99. The van der Waals surface area contributed by atoms with Gasteiger partial charge in [-0.2, -0.15) is 10.2 Å². The molecule has 158 valence electrons. The van der Waals surface area contributed by atoms with Crippen LogP contribution in [-0.4, -0.2) is 72.9 Å². The lowest BCUT2D eigenvalue weighted by molar-refractivity contribution is 0.0585. The van der Waals surface area contributed by atoms with Gasteiger partial charge in [-0.15, -0.1) is 0 Å². The van der Waals surface area contributed by atoms with Crippen molar-refractivity contribution in [1.29, 1.82) is 0 Å². The van der Waals surface area contributed by atoms with Gasteiger partial charge >= 0.3 is 19.1 Å².